The first-order chi connectivity index (χ1) is 11.4. The lowest BCUT2D eigenvalue weighted by molar-refractivity contribution is 0.600. The molecule has 0 fully saturated rings. The summed E-state index contributed by atoms with van der Waals surface area (Å²) in [7, 11) is -7.36. The topological polar surface area (TPSA) is 92.3 Å². The van der Waals surface area contributed by atoms with Gasteiger partial charge in [-0.3, -0.25) is 9.44 Å². The molecule has 0 radical (unpaired) electrons. The Labute approximate surface area is 139 Å². The molecule has 0 saturated heterocycles. The van der Waals surface area contributed by atoms with Crippen molar-refractivity contribution in [1.29, 1.82) is 0 Å². The van der Waals surface area contributed by atoms with Crippen LogP contribution in [0.1, 0.15) is 0 Å². The average Bonchev–Trinajstić information content (AvgIpc) is 2.83. The summed E-state index contributed by atoms with van der Waals surface area (Å²) in [5, 5.41) is 1.02. The zero-order chi connectivity index (χ0) is 16.9. The van der Waals surface area contributed by atoms with E-state index in [2.05, 4.69) is 9.44 Å². The Balaban J connectivity index is 1.89. The zero-order valence-corrected chi connectivity index (χ0v) is 13.9. The van der Waals surface area contributed by atoms with Crippen LogP contribution >= 0.6 is 0 Å². The van der Waals surface area contributed by atoms with Crippen LogP contribution in [0.15, 0.2) is 70.5 Å². The molecule has 3 aromatic rings. The lowest BCUT2D eigenvalue weighted by atomic mass is 10.1. The standard InChI is InChI=1S/C16H12N2O4S2/c19-23(20,11-5-2-1-3-6-11)17-13-9-10-14-16-12(13)7-4-8-15(16)24(21,22)18-14/h1-10,17-18H. The minimum Gasteiger partial charge on any atom is -0.279 e. The van der Waals surface area contributed by atoms with Crippen molar-refractivity contribution in [3.05, 3.63) is 60.7 Å². The maximum atomic E-state index is 12.5. The van der Waals surface area contributed by atoms with Crippen LogP contribution in [0.5, 0.6) is 0 Å². The van der Waals surface area contributed by atoms with Crippen molar-refractivity contribution in [3.63, 3.8) is 0 Å². The normalized spacial score (nSPS) is 15.2. The van der Waals surface area contributed by atoms with Crippen LogP contribution in [0.3, 0.4) is 0 Å². The number of nitrogens with one attached hydrogen (secondary N) is 2. The lowest BCUT2D eigenvalue weighted by Gasteiger charge is -2.11. The summed E-state index contributed by atoms with van der Waals surface area (Å²) in [6, 6.07) is 15.9. The minimum absolute atomic E-state index is 0.138. The van der Waals surface area contributed by atoms with Crippen molar-refractivity contribution in [3.8, 4) is 0 Å². The third kappa shape index (κ3) is 2.22. The maximum Gasteiger partial charge on any atom is 0.262 e. The number of rotatable bonds is 3. The first-order valence-electron chi connectivity index (χ1n) is 7.05. The van der Waals surface area contributed by atoms with E-state index in [1.165, 1.54) is 18.2 Å². The summed E-state index contributed by atoms with van der Waals surface area (Å²) in [5.41, 5.74) is 0.779. The highest BCUT2D eigenvalue weighted by Crippen LogP contribution is 2.40. The summed E-state index contributed by atoms with van der Waals surface area (Å²) in [6.07, 6.45) is 0. The molecular formula is C16H12N2O4S2. The molecule has 3 aromatic carbocycles. The Bertz CT molecular complexity index is 1170. The van der Waals surface area contributed by atoms with Crippen LogP contribution in [0.4, 0.5) is 11.4 Å². The van der Waals surface area contributed by atoms with Gasteiger partial charge < -0.3 is 0 Å². The maximum absolute atomic E-state index is 12.5. The van der Waals surface area contributed by atoms with Gasteiger partial charge in [-0.25, -0.2) is 16.8 Å². The molecule has 1 aliphatic rings. The van der Waals surface area contributed by atoms with Gasteiger partial charge in [-0.15, -0.1) is 0 Å². The molecule has 0 bridgehead atoms. The highest BCUT2D eigenvalue weighted by Gasteiger charge is 2.28. The third-order valence-electron chi connectivity index (χ3n) is 3.83. The predicted octanol–water partition coefficient (Wildman–Crippen LogP) is 2.75. The molecule has 2 N–H and O–H groups in total. The number of anilines is 2. The lowest BCUT2D eigenvalue weighted by Crippen LogP contribution is -2.13. The fourth-order valence-electron chi connectivity index (χ4n) is 2.77. The van der Waals surface area contributed by atoms with Gasteiger partial charge in [0.25, 0.3) is 20.0 Å². The first kappa shape index (κ1) is 15.0. The molecule has 0 aliphatic carbocycles. The van der Waals surface area contributed by atoms with E-state index in [-0.39, 0.29) is 9.79 Å². The second-order valence-electron chi connectivity index (χ2n) is 5.36. The Morgan fingerprint density at radius 3 is 2.38 bits per heavy atom. The zero-order valence-electron chi connectivity index (χ0n) is 12.2. The number of hydrogen-bond acceptors (Lipinski definition) is 4. The Morgan fingerprint density at radius 2 is 1.62 bits per heavy atom. The number of hydrogen-bond donors (Lipinski definition) is 2. The van der Waals surface area contributed by atoms with E-state index in [0.717, 1.165) is 0 Å². The second kappa shape index (κ2) is 4.96. The van der Waals surface area contributed by atoms with Crippen LogP contribution < -0.4 is 9.44 Å². The quantitative estimate of drug-likeness (QED) is 0.751. The van der Waals surface area contributed by atoms with E-state index in [9.17, 15) is 16.8 Å². The van der Waals surface area contributed by atoms with Crippen molar-refractivity contribution in [1.82, 2.24) is 0 Å². The molecule has 122 valence electrons. The van der Waals surface area contributed by atoms with Crippen molar-refractivity contribution in [2.24, 2.45) is 0 Å². The van der Waals surface area contributed by atoms with Crippen LogP contribution in [0.2, 0.25) is 0 Å². The highest BCUT2D eigenvalue weighted by molar-refractivity contribution is 7.93. The Kier molecular flexibility index (Phi) is 3.09. The van der Waals surface area contributed by atoms with Gasteiger partial charge in [0.15, 0.2) is 0 Å². The number of sulfonamides is 2. The summed E-state index contributed by atoms with van der Waals surface area (Å²) in [6.45, 7) is 0. The smallest absolute Gasteiger partial charge is 0.262 e. The molecule has 1 aliphatic heterocycles. The van der Waals surface area contributed by atoms with E-state index in [1.807, 2.05) is 0 Å². The van der Waals surface area contributed by atoms with E-state index in [0.29, 0.717) is 22.1 Å². The first-order valence-corrected chi connectivity index (χ1v) is 10.0. The summed E-state index contributed by atoms with van der Waals surface area (Å²) < 4.78 is 54.2. The molecule has 8 heteroatoms. The fourth-order valence-corrected chi connectivity index (χ4v) is 5.19. The summed E-state index contributed by atoms with van der Waals surface area (Å²) in [5.74, 6) is 0. The molecular weight excluding hydrogens is 348 g/mol. The molecule has 0 amide bonds. The van der Waals surface area contributed by atoms with Gasteiger partial charge in [-0.2, -0.15) is 0 Å². The molecule has 4 rings (SSSR count). The van der Waals surface area contributed by atoms with Crippen LogP contribution in [0.25, 0.3) is 10.8 Å². The van der Waals surface area contributed by atoms with Gasteiger partial charge in [0.1, 0.15) is 0 Å². The molecule has 6 nitrogen and oxygen atoms in total. The summed E-state index contributed by atoms with van der Waals surface area (Å²) >= 11 is 0. The van der Waals surface area contributed by atoms with Gasteiger partial charge >= 0.3 is 0 Å². The van der Waals surface area contributed by atoms with Crippen molar-refractivity contribution in [2.45, 2.75) is 9.79 Å². The van der Waals surface area contributed by atoms with Gasteiger partial charge in [0, 0.05) is 10.8 Å². The van der Waals surface area contributed by atoms with Crippen molar-refractivity contribution < 1.29 is 16.8 Å². The molecule has 24 heavy (non-hydrogen) atoms. The van der Waals surface area contributed by atoms with Gasteiger partial charge in [0.2, 0.25) is 0 Å². The minimum atomic E-state index is -3.76. The highest BCUT2D eigenvalue weighted by atomic mass is 32.2. The molecule has 0 unspecified atom stereocenters. The summed E-state index contributed by atoms with van der Waals surface area (Å²) in [4.78, 5) is 0.287. The third-order valence-corrected chi connectivity index (χ3v) is 6.62. The Morgan fingerprint density at radius 1 is 0.875 bits per heavy atom. The molecule has 0 saturated carbocycles. The van der Waals surface area contributed by atoms with Crippen molar-refractivity contribution in [2.75, 3.05) is 9.44 Å². The monoisotopic (exact) mass is 360 g/mol. The van der Waals surface area contributed by atoms with Crippen molar-refractivity contribution >= 4 is 42.2 Å². The fraction of sp³-hybridized carbons (Fsp3) is 0. The van der Waals surface area contributed by atoms with Crippen LogP contribution in [-0.4, -0.2) is 16.8 Å². The molecule has 0 spiro atoms. The number of benzene rings is 3. The second-order valence-corrected chi connectivity index (χ2v) is 8.70. The van der Waals surface area contributed by atoms with Gasteiger partial charge in [0.05, 0.1) is 21.2 Å². The van der Waals surface area contributed by atoms with Crippen LogP contribution in [-0.2, 0) is 20.0 Å². The predicted molar refractivity (Wildman–Crippen MR) is 92.0 cm³/mol. The van der Waals surface area contributed by atoms with E-state index < -0.39 is 20.0 Å². The van der Waals surface area contributed by atoms with Gasteiger partial charge in [-0.1, -0.05) is 30.3 Å². The van der Waals surface area contributed by atoms with E-state index in [1.54, 1.807) is 42.5 Å². The van der Waals surface area contributed by atoms with E-state index >= 15 is 0 Å². The van der Waals surface area contributed by atoms with Gasteiger partial charge in [-0.05, 0) is 30.3 Å². The Hall–Kier alpha value is -2.58. The molecule has 1 heterocycles. The van der Waals surface area contributed by atoms with Crippen LogP contribution in [0, 0.1) is 0 Å². The van der Waals surface area contributed by atoms with E-state index in [4.69, 9.17) is 0 Å². The molecule has 0 atom stereocenters. The molecule has 0 aromatic heterocycles. The SMILES string of the molecule is O=S(=O)(Nc1ccc2c3c(cccc13)S(=O)(=O)N2)c1ccccc1. The largest absolute Gasteiger partial charge is 0.279 e. The average molecular weight is 360 g/mol.